The molecule has 4 nitrogen and oxygen atoms in total. The fourth-order valence-corrected chi connectivity index (χ4v) is 4.79. The maximum atomic E-state index is 12.6. The first-order valence-electron chi connectivity index (χ1n) is 8.85. The number of carbonyl (C=O) groups is 1. The molecule has 2 saturated carbocycles. The number of nitrogens with zero attached hydrogens (tertiary/aromatic N) is 1. The number of hydrogen-bond acceptors (Lipinski definition) is 3. The van der Waals surface area contributed by atoms with E-state index >= 15 is 0 Å². The van der Waals surface area contributed by atoms with Crippen LogP contribution in [0.4, 0.5) is 4.79 Å². The molecule has 0 aromatic rings. The molecular formula is C18H31NO3. The largest absolute Gasteiger partial charge is 0.444 e. The molecule has 0 unspecified atom stereocenters. The third-order valence-corrected chi connectivity index (χ3v) is 5.76. The minimum Gasteiger partial charge on any atom is -0.444 e. The van der Waals surface area contributed by atoms with Gasteiger partial charge in [-0.25, -0.2) is 4.79 Å². The number of hydrogen-bond donors (Lipinski definition) is 1. The van der Waals surface area contributed by atoms with Crippen molar-refractivity contribution >= 4 is 6.09 Å². The van der Waals surface area contributed by atoms with Crippen LogP contribution >= 0.6 is 0 Å². The van der Waals surface area contributed by atoms with Crippen LogP contribution < -0.4 is 0 Å². The first-order chi connectivity index (χ1) is 10.2. The monoisotopic (exact) mass is 309 g/mol. The highest BCUT2D eigenvalue weighted by Crippen LogP contribution is 2.60. The van der Waals surface area contributed by atoms with Crippen molar-refractivity contribution in [3.8, 4) is 0 Å². The van der Waals surface area contributed by atoms with E-state index in [0.717, 1.165) is 25.8 Å². The molecule has 1 N–H and O–H groups in total. The third-order valence-electron chi connectivity index (χ3n) is 5.76. The van der Waals surface area contributed by atoms with Gasteiger partial charge in [0.05, 0.1) is 6.10 Å². The standard InChI is InChI=1S/C18H31NO3/c1-12-5-6-15(13-7-18(8-13)9-14(20)10-18)19(11-12)16(21)22-17(2,3)4/h12-15,20H,5-11H2,1-4H3/t12-,13?,14?,15+,18?/m0/s1. The second kappa shape index (κ2) is 5.40. The molecule has 1 spiro atoms. The van der Waals surface area contributed by atoms with Gasteiger partial charge in [0.25, 0.3) is 0 Å². The van der Waals surface area contributed by atoms with E-state index in [0.29, 0.717) is 23.3 Å². The summed E-state index contributed by atoms with van der Waals surface area (Å²) in [5, 5.41) is 9.56. The van der Waals surface area contributed by atoms with Crippen LogP contribution in [0.5, 0.6) is 0 Å². The molecule has 4 heteroatoms. The summed E-state index contributed by atoms with van der Waals surface area (Å²) < 4.78 is 5.63. The van der Waals surface area contributed by atoms with Crippen LogP contribution in [0.25, 0.3) is 0 Å². The summed E-state index contributed by atoms with van der Waals surface area (Å²) >= 11 is 0. The Kier molecular flexibility index (Phi) is 3.95. The van der Waals surface area contributed by atoms with Gasteiger partial charge in [-0.15, -0.1) is 0 Å². The zero-order chi connectivity index (χ0) is 16.1. The number of piperidine rings is 1. The first kappa shape index (κ1) is 16.1. The Bertz CT molecular complexity index is 428. The van der Waals surface area contributed by atoms with Gasteiger partial charge in [-0.1, -0.05) is 6.92 Å². The first-order valence-corrected chi connectivity index (χ1v) is 8.85. The van der Waals surface area contributed by atoms with Crippen molar-refractivity contribution in [2.75, 3.05) is 6.54 Å². The summed E-state index contributed by atoms with van der Waals surface area (Å²) in [6.45, 7) is 8.84. The molecule has 1 saturated heterocycles. The Morgan fingerprint density at radius 3 is 2.36 bits per heavy atom. The summed E-state index contributed by atoms with van der Waals surface area (Å²) in [4.78, 5) is 14.6. The van der Waals surface area contributed by atoms with Crippen molar-refractivity contribution in [3.05, 3.63) is 0 Å². The predicted molar refractivity (Wildman–Crippen MR) is 85.5 cm³/mol. The van der Waals surface area contributed by atoms with E-state index in [1.807, 2.05) is 25.7 Å². The topological polar surface area (TPSA) is 49.8 Å². The smallest absolute Gasteiger partial charge is 0.410 e. The van der Waals surface area contributed by atoms with Crippen LogP contribution in [0.15, 0.2) is 0 Å². The molecule has 126 valence electrons. The Morgan fingerprint density at radius 1 is 1.18 bits per heavy atom. The van der Waals surface area contributed by atoms with Gasteiger partial charge in [0.15, 0.2) is 0 Å². The highest BCUT2D eigenvalue weighted by atomic mass is 16.6. The molecule has 0 aromatic carbocycles. The lowest BCUT2D eigenvalue weighted by Crippen LogP contribution is -2.59. The quantitative estimate of drug-likeness (QED) is 0.805. The van der Waals surface area contributed by atoms with Crippen LogP contribution in [0, 0.1) is 17.3 Å². The van der Waals surface area contributed by atoms with Crippen LogP contribution in [-0.4, -0.2) is 40.4 Å². The summed E-state index contributed by atoms with van der Waals surface area (Å²) in [5.41, 5.74) is -0.0199. The fraction of sp³-hybridized carbons (Fsp3) is 0.944. The minimum absolute atomic E-state index is 0.0747. The van der Waals surface area contributed by atoms with Gasteiger partial charge in [-0.2, -0.15) is 0 Å². The van der Waals surface area contributed by atoms with Gasteiger partial charge in [-0.05, 0) is 76.5 Å². The molecule has 0 aromatic heterocycles. The average molecular weight is 309 g/mol. The predicted octanol–water partition coefficient (Wildman–Crippen LogP) is 3.57. The number of aliphatic hydroxyl groups excluding tert-OH is 1. The van der Waals surface area contributed by atoms with Gasteiger partial charge in [-0.3, -0.25) is 0 Å². The van der Waals surface area contributed by atoms with Crippen LogP contribution in [0.2, 0.25) is 0 Å². The molecule has 0 radical (unpaired) electrons. The zero-order valence-corrected chi connectivity index (χ0v) is 14.5. The van der Waals surface area contributed by atoms with Crippen molar-refractivity contribution in [3.63, 3.8) is 0 Å². The molecule has 1 amide bonds. The number of ether oxygens (including phenoxy) is 1. The van der Waals surface area contributed by atoms with E-state index in [9.17, 15) is 9.90 Å². The van der Waals surface area contributed by atoms with Crippen LogP contribution in [-0.2, 0) is 4.74 Å². The number of likely N-dealkylation sites (tertiary alicyclic amines) is 1. The second-order valence-corrected chi connectivity index (χ2v) is 9.11. The molecule has 3 aliphatic rings. The fourth-order valence-electron chi connectivity index (χ4n) is 4.79. The average Bonchev–Trinajstić information content (AvgIpc) is 2.30. The van der Waals surface area contributed by atoms with Crippen LogP contribution in [0.1, 0.15) is 66.2 Å². The molecule has 3 fully saturated rings. The van der Waals surface area contributed by atoms with Gasteiger partial charge in [0.1, 0.15) is 5.60 Å². The van der Waals surface area contributed by atoms with Crippen molar-refractivity contribution in [1.29, 1.82) is 0 Å². The minimum atomic E-state index is -0.429. The van der Waals surface area contributed by atoms with Crippen molar-refractivity contribution in [2.45, 2.75) is 84.0 Å². The van der Waals surface area contributed by atoms with E-state index in [1.165, 1.54) is 19.3 Å². The Labute approximate surface area is 134 Å². The van der Waals surface area contributed by atoms with Gasteiger partial charge in [0, 0.05) is 12.6 Å². The molecule has 3 rings (SSSR count). The summed E-state index contributed by atoms with van der Waals surface area (Å²) in [6.07, 6.45) is 6.40. The molecule has 2 aliphatic carbocycles. The molecule has 22 heavy (non-hydrogen) atoms. The second-order valence-electron chi connectivity index (χ2n) is 9.11. The van der Waals surface area contributed by atoms with Gasteiger partial charge in [0.2, 0.25) is 0 Å². The SMILES string of the molecule is C[C@H]1CC[C@H](C2CC3(CC(O)C3)C2)N(C(=O)OC(C)(C)C)C1. The van der Waals surface area contributed by atoms with Gasteiger partial charge >= 0.3 is 6.09 Å². The summed E-state index contributed by atoms with van der Waals surface area (Å²) in [6, 6.07) is 0.342. The van der Waals surface area contributed by atoms with E-state index in [2.05, 4.69) is 6.92 Å². The number of carbonyl (C=O) groups excluding carboxylic acids is 1. The summed E-state index contributed by atoms with van der Waals surface area (Å²) in [5.74, 6) is 1.16. The molecule has 1 aliphatic heterocycles. The highest BCUT2D eigenvalue weighted by molar-refractivity contribution is 5.68. The van der Waals surface area contributed by atoms with E-state index < -0.39 is 5.60 Å². The molecule has 1 heterocycles. The van der Waals surface area contributed by atoms with E-state index in [4.69, 9.17) is 4.74 Å². The normalized spacial score (nSPS) is 41.8. The van der Waals surface area contributed by atoms with Gasteiger partial charge < -0.3 is 14.7 Å². The Morgan fingerprint density at radius 2 is 1.82 bits per heavy atom. The zero-order valence-electron chi connectivity index (χ0n) is 14.5. The maximum absolute atomic E-state index is 12.6. The summed E-state index contributed by atoms with van der Waals surface area (Å²) in [7, 11) is 0. The van der Waals surface area contributed by atoms with Crippen molar-refractivity contribution < 1.29 is 14.6 Å². The Balaban J connectivity index is 1.62. The van der Waals surface area contributed by atoms with E-state index in [-0.39, 0.29) is 12.2 Å². The molecular weight excluding hydrogens is 278 g/mol. The number of amides is 1. The molecule has 0 bridgehead atoms. The van der Waals surface area contributed by atoms with E-state index in [1.54, 1.807) is 0 Å². The maximum Gasteiger partial charge on any atom is 0.410 e. The lowest BCUT2D eigenvalue weighted by Gasteiger charge is -2.60. The lowest BCUT2D eigenvalue weighted by molar-refractivity contribution is -0.133. The third kappa shape index (κ3) is 3.12. The van der Waals surface area contributed by atoms with Crippen LogP contribution in [0.3, 0.4) is 0 Å². The van der Waals surface area contributed by atoms with Crippen molar-refractivity contribution in [2.24, 2.45) is 17.3 Å². The number of aliphatic hydroxyl groups is 1. The Hall–Kier alpha value is -0.770. The van der Waals surface area contributed by atoms with Crippen molar-refractivity contribution in [1.82, 2.24) is 4.90 Å². The molecule has 2 atom stereocenters. The number of rotatable bonds is 1. The highest BCUT2D eigenvalue weighted by Gasteiger charge is 2.55. The lowest BCUT2D eigenvalue weighted by atomic mass is 9.49.